The summed E-state index contributed by atoms with van der Waals surface area (Å²) in [6.45, 7) is 4.11. The van der Waals surface area contributed by atoms with Crippen LogP contribution in [0.5, 0.6) is 0 Å². The van der Waals surface area contributed by atoms with Crippen molar-refractivity contribution in [2.75, 3.05) is 18.4 Å². The van der Waals surface area contributed by atoms with E-state index < -0.39 is 0 Å². The Kier molecular flexibility index (Phi) is 4.31. The molecule has 0 bridgehead atoms. The van der Waals surface area contributed by atoms with Crippen molar-refractivity contribution < 1.29 is 4.79 Å². The van der Waals surface area contributed by atoms with Gasteiger partial charge in [0.1, 0.15) is 0 Å². The minimum Gasteiger partial charge on any atom is -0.377 e. The molecule has 25 heavy (non-hydrogen) atoms. The van der Waals surface area contributed by atoms with Crippen molar-refractivity contribution in [3.05, 3.63) is 71.4 Å². The average Bonchev–Trinajstić information content (AvgIpc) is 2.93. The summed E-state index contributed by atoms with van der Waals surface area (Å²) in [6, 6.07) is 16.9. The maximum absolute atomic E-state index is 12.3. The Morgan fingerprint density at radius 3 is 2.64 bits per heavy atom. The fraction of sp³-hybridized carbons (Fsp3) is 0.318. The molecule has 2 aromatic rings. The van der Waals surface area contributed by atoms with Crippen LogP contribution in [-0.4, -0.2) is 23.9 Å². The van der Waals surface area contributed by atoms with Gasteiger partial charge in [-0.25, -0.2) is 0 Å². The third kappa shape index (κ3) is 3.46. The zero-order valence-electron chi connectivity index (χ0n) is 14.7. The normalized spacial score (nSPS) is 19.2. The molecule has 0 spiro atoms. The van der Waals surface area contributed by atoms with E-state index >= 15 is 0 Å². The highest BCUT2D eigenvalue weighted by Gasteiger charge is 2.26. The van der Waals surface area contributed by atoms with Crippen LogP contribution >= 0.6 is 0 Å². The summed E-state index contributed by atoms with van der Waals surface area (Å²) in [5, 5.41) is 2.97. The van der Waals surface area contributed by atoms with E-state index in [4.69, 9.17) is 0 Å². The number of benzene rings is 2. The number of fused-ring (bicyclic) bond motifs is 1. The molecule has 0 atom stereocenters. The number of hydrogen-bond acceptors (Lipinski definition) is 2. The summed E-state index contributed by atoms with van der Waals surface area (Å²) in [6.07, 6.45) is 5.59. The quantitative estimate of drug-likeness (QED) is 0.853. The molecule has 0 saturated carbocycles. The van der Waals surface area contributed by atoms with E-state index in [0.717, 1.165) is 42.3 Å². The van der Waals surface area contributed by atoms with E-state index in [9.17, 15) is 4.79 Å². The molecule has 128 valence electrons. The van der Waals surface area contributed by atoms with Crippen LogP contribution in [0.2, 0.25) is 0 Å². The van der Waals surface area contributed by atoms with E-state index in [1.807, 2.05) is 12.1 Å². The molecule has 0 radical (unpaired) electrons. The molecule has 0 aromatic heterocycles. The third-order valence-corrected chi connectivity index (χ3v) is 5.29. The van der Waals surface area contributed by atoms with Crippen LogP contribution < -0.4 is 5.32 Å². The molecule has 0 aliphatic carbocycles. The van der Waals surface area contributed by atoms with Gasteiger partial charge in [0.05, 0.1) is 5.57 Å². The van der Waals surface area contributed by atoms with E-state index in [1.165, 1.54) is 24.0 Å². The number of carbonyl (C=O) groups excluding carboxylic acids is 1. The first-order chi connectivity index (χ1) is 12.2. The predicted molar refractivity (Wildman–Crippen MR) is 102 cm³/mol. The molecule has 2 aromatic carbocycles. The molecule has 4 rings (SSSR count). The molecule has 1 fully saturated rings. The van der Waals surface area contributed by atoms with Crippen LogP contribution in [0.15, 0.2) is 54.7 Å². The highest BCUT2D eigenvalue weighted by atomic mass is 16.2. The van der Waals surface area contributed by atoms with Crippen molar-refractivity contribution >= 4 is 17.2 Å². The lowest BCUT2D eigenvalue weighted by Gasteiger charge is -2.31. The van der Waals surface area contributed by atoms with Crippen molar-refractivity contribution in [2.24, 2.45) is 5.92 Å². The number of hydrogen-bond donors (Lipinski definition) is 1. The maximum Gasteiger partial charge on any atom is 0.257 e. The van der Waals surface area contributed by atoms with E-state index in [-0.39, 0.29) is 5.91 Å². The van der Waals surface area contributed by atoms with Gasteiger partial charge in [-0.15, -0.1) is 0 Å². The first-order valence-electron chi connectivity index (χ1n) is 9.11. The van der Waals surface area contributed by atoms with Crippen molar-refractivity contribution in [3.63, 3.8) is 0 Å². The van der Waals surface area contributed by atoms with Gasteiger partial charge < -0.3 is 10.2 Å². The van der Waals surface area contributed by atoms with Crippen molar-refractivity contribution in [2.45, 2.75) is 26.2 Å². The monoisotopic (exact) mass is 332 g/mol. The van der Waals surface area contributed by atoms with E-state index in [0.29, 0.717) is 0 Å². The van der Waals surface area contributed by atoms with E-state index in [1.54, 1.807) is 0 Å². The van der Waals surface area contributed by atoms with Gasteiger partial charge in [-0.2, -0.15) is 0 Å². The second-order valence-electron chi connectivity index (χ2n) is 7.22. The first kappa shape index (κ1) is 15.9. The first-order valence-corrected chi connectivity index (χ1v) is 9.11. The number of aryl methyl sites for hydroxylation is 1. The molecule has 3 nitrogen and oxygen atoms in total. The number of carbonyl (C=O) groups is 1. The van der Waals surface area contributed by atoms with Crippen molar-refractivity contribution in [3.8, 4) is 0 Å². The Hall–Kier alpha value is -2.55. The van der Waals surface area contributed by atoms with Crippen LogP contribution in [0.25, 0.3) is 5.57 Å². The van der Waals surface area contributed by atoms with Crippen LogP contribution in [0.1, 0.15) is 29.5 Å². The third-order valence-electron chi connectivity index (χ3n) is 5.29. The van der Waals surface area contributed by atoms with Gasteiger partial charge in [0.15, 0.2) is 0 Å². The molecule has 1 N–H and O–H groups in total. The lowest BCUT2D eigenvalue weighted by Crippen LogP contribution is -2.31. The number of anilines is 1. The van der Waals surface area contributed by atoms with Crippen LogP contribution in [0.3, 0.4) is 0 Å². The number of likely N-dealkylation sites (tertiary alicyclic amines) is 1. The predicted octanol–water partition coefficient (Wildman–Crippen LogP) is 4.24. The van der Waals surface area contributed by atoms with Crippen LogP contribution in [-0.2, 0) is 11.2 Å². The maximum atomic E-state index is 12.3. The zero-order valence-corrected chi connectivity index (χ0v) is 14.7. The molecule has 3 heteroatoms. The molecule has 2 heterocycles. The Balaban J connectivity index is 1.43. The fourth-order valence-electron chi connectivity index (χ4n) is 3.85. The van der Waals surface area contributed by atoms with Gasteiger partial charge >= 0.3 is 0 Å². The van der Waals surface area contributed by atoms with Crippen molar-refractivity contribution in [1.82, 2.24) is 4.90 Å². The summed E-state index contributed by atoms with van der Waals surface area (Å²) >= 11 is 0. The molecule has 2 aliphatic rings. The van der Waals surface area contributed by atoms with Gasteiger partial charge in [0, 0.05) is 30.5 Å². The number of nitrogens with zero attached hydrogens (tertiary/aromatic N) is 1. The Morgan fingerprint density at radius 1 is 1.12 bits per heavy atom. The summed E-state index contributed by atoms with van der Waals surface area (Å²) in [5.74, 6) is 0.760. The van der Waals surface area contributed by atoms with Gasteiger partial charge in [-0.05, 0) is 49.8 Å². The zero-order chi connectivity index (χ0) is 17.2. The standard InChI is InChI=1S/C22H24N2O/c1-16-7-8-21-19(13-16)20(22(25)23-21)15-24-11-9-18(10-12-24)14-17-5-3-2-4-6-17/h2-8,13,15,18H,9-12,14H2,1H3,(H,23,25)/b20-15+. The van der Waals surface area contributed by atoms with Gasteiger partial charge in [-0.1, -0.05) is 42.0 Å². The van der Waals surface area contributed by atoms with Crippen LogP contribution in [0, 0.1) is 12.8 Å². The average molecular weight is 332 g/mol. The summed E-state index contributed by atoms with van der Waals surface area (Å²) in [4.78, 5) is 14.6. The minimum absolute atomic E-state index is 0.0204. The SMILES string of the molecule is Cc1ccc2c(c1)/C(=C\N1CCC(Cc3ccccc3)CC1)C(=O)N2. The van der Waals surface area contributed by atoms with Gasteiger partial charge in [0.2, 0.25) is 0 Å². The van der Waals surface area contributed by atoms with Gasteiger partial charge in [0.25, 0.3) is 5.91 Å². The Morgan fingerprint density at radius 2 is 1.88 bits per heavy atom. The number of nitrogens with one attached hydrogen (secondary N) is 1. The highest BCUT2D eigenvalue weighted by molar-refractivity contribution is 6.31. The van der Waals surface area contributed by atoms with E-state index in [2.05, 4.69) is 59.7 Å². The Bertz CT molecular complexity index is 802. The molecule has 1 amide bonds. The molecule has 1 saturated heterocycles. The number of rotatable bonds is 3. The minimum atomic E-state index is 0.0204. The summed E-state index contributed by atoms with van der Waals surface area (Å²) in [5.41, 5.74) is 5.39. The van der Waals surface area contributed by atoms with Gasteiger partial charge in [-0.3, -0.25) is 4.79 Å². The number of amides is 1. The van der Waals surface area contributed by atoms with Crippen molar-refractivity contribution in [1.29, 1.82) is 0 Å². The highest BCUT2D eigenvalue weighted by Crippen LogP contribution is 2.33. The fourth-order valence-corrected chi connectivity index (χ4v) is 3.85. The van der Waals surface area contributed by atoms with Crippen LogP contribution in [0.4, 0.5) is 5.69 Å². The molecular weight excluding hydrogens is 308 g/mol. The summed E-state index contributed by atoms with van der Waals surface area (Å²) < 4.78 is 0. The second kappa shape index (κ2) is 6.75. The number of piperidine rings is 1. The topological polar surface area (TPSA) is 32.3 Å². The molecule has 0 unspecified atom stereocenters. The molecule has 2 aliphatic heterocycles. The Labute approximate surface area is 149 Å². The molecular formula is C22H24N2O. The smallest absolute Gasteiger partial charge is 0.257 e. The largest absolute Gasteiger partial charge is 0.377 e. The second-order valence-corrected chi connectivity index (χ2v) is 7.22. The lowest BCUT2D eigenvalue weighted by molar-refractivity contribution is -0.110. The lowest BCUT2D eigenvalue weighted by atomic mass is 9.90. The summed E-state index contributed by atoms with van der Waals surface area (Å²) in [7, 11) is 0.